The van der Waals surface area contributed by atoms with Gasteiger partial charge in [-0.2, -0.15) is 0 Å². The van der Waals surface area contributed by atoms with Crippen LogP contribution in [0, 0.1) is 0 Å². The Bertz CT molecular complexity index is 941. The minimum absolute atomic E-state index is 0.113. The number of ether oxygens (including phenoxy) is 1. The van der Waals surface area contributed by atoms with E-state index in [0.717, 1.165) is 19.1 Å². The molecule has 28 heavy (non-hydrogen) atoms. The number of benzene rings is 1. The fourth-order valence-corrected chi connectivity index (χ4v) is 3.57. The van der Waals surface area contributed by atoms with Gasteiger partial charge in [0, 0.05) is 42.8 Å². The van der Waals surface area contributed by atoms with Crippen LogP contribution in [0.1, 0.15) is 18.5 Å². The Kier molecular flexibility index (Phi) is 6.10. The second-order valence-electron chi connectivity index (χ2n) is 6.74. The topological polar surface area (TPSA) is 136 Å². The van der Waals surface area contributed by atoms with E-state index < -0.39 is 9.84 Å². The van der Waals surface area contributed by atoms with Crippen LogP contribution in [-0.4, -0.2) is 49.9 Å². The molecule has 1 saturated heterocycles. The molecule has 0 atom stereocenters. The quantitative estimate of drug-likeness (QED) is 0.687. The number of aromatic nitrogens is 2. The van der Waals surface area contributed by atoms with Gasteiger partial charge in [0.05, 0.1) is 11.4 Å². The predicted molar refractivity (Wildman–Crippen MR) is 106 cm³/mol. The summed E-state index contributed by atoms with van der Waals surface area (Å²) in [6.07, 6.45) is 2.74. The van der Waals surface area contributed by atoms with E-state index in [-0.39, 0.29) is 23.6 Å². The van der Waals surface area contributed by atoms with Gasteiger partial charge in [0.15, 0.2) is 15.7 Å². The molecule has 0 spiro atoms. The molecule has 1 aromatic heterocycles. The van der Waals surface area contributed by atoms with Crippen LogP contribution < -0.4 is 16.4 Å². The zero-order valence-electron chi connectivity index (χ0n) is 15.5. The third-order valence-electron chi connectivity index (χ3n) is 4.17. The average molecular weight is 405 g/mol. The number of hydrogen-bond donors (Lipinski definition) is 3. The maximum Gasteiger partial charge on any atom is 0.319 e. The number of carbonyl (C=O) groups excluding carboxylic acids is 1. The van der Waals surface area contributed by atoms with E-state index >= 15 is 0 Å². The number of hydrogen-bond acceptors (Lipinski definition) is 7. The Labute approximate surface area is 163 Å². The molecule has 10 heteroatoms. The minimum atomic E-state index is -3.23. The minimum Gasteiger partial charge on any atom is -0.384 e. The van der Waals surface area contributed by atoms with E-state index in [0.29, 0.717) is 36.0 Å². The van der Waals surface area contributed by atoms with E-state index in [9.17, 15) is 13.2 Å². The first-order valence-electron chi connectivity index (χ1n) is 8.85. The molecule has 9 nitrogen and oxygen atoms in total. The Hall–Kier alpha value is -2.72. The van der Waals surface area contributed by atoms with Gasteiger partial charge < -0.3 is 21.1 Å². The lowest BCUT2D eigenvalue weighted by atomic mass is 10.1. The van der Waals surface area contributed by atoms with Crippen molar-refractivity contribution in [2.75, 3.05) is 30.5 Å². The number of nitrogens with zero attached hydrogens (tertiary/aromatic N) is 2. The highest BCUT2D eigenvalue weighted by Gasteiger charge is 2.16. The summed E-state index contributed by atoms with van der Waals surface area (Å²) in [5, 5.41) is 5.71. The Balaban J connectivity index is 1.67. The van der Waals surface area contributed by atoms with Crippen molar-refractivity contribution in [3.8, 4) is 11.4 Å². The van der Waals surface area contributed by atoms with Crippen LogP contribution in [0.15, 0.2) is 30.3 Å². The molecule has 4 N–H and O–H groups in total. The summed E-state index contributed by atoms with van der Waals surface area (Å²) in [6, 6.07) is 8.22. The lowest BCUT2D eigenvalue weighted by Crippen LogP contribution is -2.41. The van der Waals surface area contributed by atoms with Crippen molar-refractivity contribution in [1.29, 1.82) is 0 Å². The van der Waals surface area contributed by atoms with Gasteiger partial charge in [0.2, 0.25) is 0 Å². The summed E-state index contributed by atoms with van der Waals surface area (Å²) < 4.78 is 28.3. The van der Waals surface area contributed by atoms with Gasteiger partial charge >= 0.3 is 6.03 Å². The molecule has 2 aromatic rings. The van der Waals surface area contributed by atoms with Crippen molar-refractivity contribution in [3.63, 3.8) is 0 Å². The zero-order chi connectivity index (χ0) is 20.1. The van der Waals surface area contributed by atoms with Gasteiger partial charge in [-0.1, -0.05) is 0 Å². The highest BCUT2D eigenvalue weighted by atomic mass is 32.2. The van der Waals surface area contributed by atoms with Gasteiger partial charge in [-0.25, -0.2) is 23.2 Å². The average Bonchev–Trinajstić information content (AvgIpc) is 2.61. The number of carbonyl (C=O) groups is 1. The summed E-state index contributed by atoms with van der Waals surface area (Å²) >= 11 is 0. The lowest BCUT2D eigenvalue weighted by molar-refractivity contribution is 0.0806. The van der Waals surface area contributed by atoms with Crippen LogP contribution in [0.5, 0.6) is 0 Å². The summed E-state index contributed by atoms with van der Waals surface area (Å²) in [7, 11) is -3.23. The molecular weight excluding hydrogens is 382 g/mol. The SMILES string of the molecule is CS(=O)(=O)Cc1cc(N)nc(-c2ccc(NC(=O)NC3CCOCC3)cc2)n1. The molecular formula is C18H23N5O4S. The van der Waals surface area contributed by atoms with E-state index in [2.05, 4.69) is 20.6 Å². The van der Waals surface area contributed by atoms with Crippen LogP contribution in [-0.2, 0) is 20.3 Å². The van der Waals surface area contributed by atoms with E-state index in [1.807, 2.05) is 0 Å². The fourth-order valence-electron chi connectivity index (χ4n) is 2.89. The molecule has 1 fully saturated rings. The molecule has 150 valence electrons. The van der Waals surface area contributed by atoms with Gasteiger partial charge in [0.1, 0.15) is 5.82 Å². The number of urea groups is 1. The molecule has 1 aliphatic rings. The molecule has 3 rings (SSSR count). The molecule has 0 saturated carbocycles. The molecule has 1 aliphatic heterocycles. The van der Waals surface area contributed by atoms with Gasteiger partial charge in [-0.15, -0.1) is 0 Å². The molecule has 2 heterocycles. The number of anilines is 2. The van der Waals surface area contributed by atoms with Crippen LogP contribution in [0.4, 0.5) is 16.3 Å². The van der Waals surface area contributed by atoms with Crippen molar-refractivity contribution in [2.45, 2.75) is 24.6 Å². The number of nitrogens with one attached hydrogen (secondary N) is 2. The molecule has 2 amide bonds. The number of rotatable bonds is 5. The van der Waals surface area contributed by atoms with Crippen molar-refractivity contribution < 1.29 is 17.9 Å². The standard InChI is InChI=1S/C18H23N5O4S/c1-28(25,26)11-15-10-16(19)23-17(20-15)12-2-4-13(5-3-12)21-18(24)22-14-6-8-27-9-7-14/h2-5,10,14H,6-9,11H2,1H3,(H2,19,20,23)(H2,21,22,24). The fraction of sp³-hybridized carbons (Fsp3) is 0.389. The van der Waals surface area contributed by atoms with E-state index in [1.165, 1.54) is 6.07 Å². The van der Waals surface area contributed by atoms with Crippen LogP contribution in [0.2, 0.25) is 0 Å². The highest BCUT2D eigenvalue weighted by molar-refractivity contribution is 7.89. The van der Waals surface area contributed by atoms with Crippen LogP contribution in [0.25, 0.3) is 11.4 Å². The van der Waals surface area contributed by atoms with Gasteiger partial charge in [-0.05, 0) is 37.1 Å². The first-order valence-corrected chi connectivity index (χ1v) is 10.9. The van der Waals surface area contributed by atoms with E-state index in [4.69, 9.17) is 10.5 Å². The number of sulfone groups is 1. The zero-order valence-corrected chi connectivity index (χ0v) is 16.3. The second-order valence-corrected chi connectivity index (χ2v) is 8.88. The predicted octanol–water partition coefficient (Wildman–Crippen LogP) is 1.57. The maximum absolute atomic E-state index is 12.1. The second kappa shape index (κ2) is 8.53. The monoisotopic (exact) mass is 405 g/mol. The van der Waals surface area contributed by atoms with Crippen molar-refractivity contribution in [1.82, 2.24) is 15.3 Å². The Morgan fingerprint density at radius 1 is 1.21 bits per heavy atom. The first kappa shape index (κ1) is 20.0. The third-order valence-corrected chi connectivity index (χ3v) is 4.99. The Morgan fingerprint density at radius 3 is 2.54 bits per heavy atom. The molecule has 1 aromatic carbocycles. The summed E-state index contributed by atoms with van der Waals surface area (Å²) in [6.45, 7) is 1.31. The molecule has 0 bridgehead atoms. The third kappa shape index (κ3) is 5.89. The first-order chi connectivity index (χ1) is 13.3. The highest BCUT2D eigenvalue weighted by Crippen LogP contribution is 2.20. The molecule has 0 radical (unpaired) electrons. The summed E-state index contributed by atoms with van der Waals surface area (Å²) in [5.74, 6) is 0.317. The van der Waals surface area contributed by atoms with Crippen LogP contribution >= 0.6 is 0 Å². The van der Waals surface area contributed by atoms with Gasteiger partial charge in [-0.3, -0.25) is 0 Å². The van der Waals surface area contributed by atoms with E-state index in [1.54, 1.807) is 24.3 Å². The lowest BCUT2D eigenvalue weighted by Gasteiger charge is -2.23. The largest absolute Gasteiger partial charge is 0.384 e. The normalized spacial score (nSPS) is 15.2. The smallest absolute Gasteiger partial charge is 0.319 e. The van der Waals surface area contributed by atoms with Crippen LogP contribution in [0.3, 0.4) is 0 Å². The number of amides is 2. The maximum atomic E-state index is 12.1. The van der Waals surface area contributed by atoms with Gasteiger partial charge in [0.25, 0.3) is 0 Å². The summed E-state index contributed by atoms with van der Waals surface area (Å²) in [4.78, 5) is 20.5. The van der Waals surface area contributed by atoms with Crippen molar-refractivity contribution in [2.24, 2.45) is 0 Å². The summed E-state index contributed by atoms with van der Waals surface area (Å²) in [5.41, 5.74) is 7.40. The Morgan fingerprint density at radius 2 is 1.89 bits per heavy atom. The van der Waals surface area contributed by atoms with Crippen molar-refractivity contribution >= 4 is 27.4 Å². The number of nitrogens with two attached hydrogens (primary N) is 1. The number of nitrogen functional groups attached to an aromatic ring is 1. The molecule has 0 unspecified atom stereocenters. The molecule has 0 aliphatic carbocycles. The van der Waals surface area contributed by atoms with Crippen molar-refractivity contribution in [3.05, 3.63) is 36.0 Å².